The second kappa shape index (κ2) is 6.38. The number of likely N-dealkylation sites (N-methyl/N-ethyl adjacent to an activating group) is 1. The lowest BCUT2D eigenvalue weighted by molar-refractivity contribution is 0.122. The molecule has 0 bridgehead atoms. The lowest BCUT2D eigenvalue weighted by Gasteiger charge is -2.20. The summed E-state index contributed by atoms with van der Waals surface area (Å²) in [5.41, 5.74) is 0. The highest BCUT2D eigenvalue weighted by atomic mass is 16.3. The van der Waals surface area contributed by atoms with Crippen LogP contribution < -0.4 is 5.32 Å². The van der Waals surface area contributed by atoms with Crippen LogP contribution in [0.3, 0.4) is 0 Å². The van der Waals surface area contributed by atoms with Crippen LogP contribution in [0.5, 0.6) is 0 Å². The van der Waals surface area contributed by atoms with E-state index in [1.54, 1.807) is 0 Å². The van der Waals surface area contributed by atoms with Crippen molar-refractivity contribution in [1.29, 1.82) is 0 Å². The summed E-state index contributed by atoms with van der Waals surface area (Å²) < 4.78 is 0. The Balaban J connectivity index is 1.96. The molecule has 1 rings (SSSR count). The van der Waals surface area contributed by atoms with Crippen LogP contribution in [-0.2, 0) is 0 Å². The zero-order valence-corrected chi connectivity index (χ0v) is 9.50. The number of nitrogens with zero attached hydrogens (tertiary/aromatic N) is 1. The fourth-order valence-electron chi connectivity index (χ4n) is 1.69. The molecule has 3 heteroatoms. The Morgan fingerprint density at radius 1 is 1.50 bits per heavy atom. The maximum absolute atomic E-state index is 9.68. The fourth-order valence-corrected chi connectivity index (χ4v) is 1.69. The molecule has 0 aromatic rings. The summed E-state index contributed by atoms with van der Waals surface area (Å²) in [6.45, 7) is 5.82. The number of rotatable bonds is 8. The highest BCUT2D eigenvalue weighted by Crippen LogP contribution is 2.29. The second-order valence-electron chi connectivity index (χ2n) is 4.52. The molecule has 84 valence electrons. The molecule has 14 heavy (non-hydrogen) atoms. The Morgan fingerprint density at radius 2 is 2.21 bits per heavy atom. The number of aliphatic hydroxyl groups excluding tert-OH is 1. The van der Waals surface area contributed by atoms with Crippen molar-refractivity contribution in [3.05, 3.63) is 0 Å². The van der Waals surface area contributed by atoms with Crippen LogP contribution in [0.2, 0.25) is 0 Å². The molecule has 0 amide bonds. The van der Waals surface area contributed by atoms with E-state index in [1.807, 2.05) is 0 Å². The van der Waals surface area contributed by atoms with Gasteiger partial charge < -0.3 is 15.3 Å². The summed E-state index contributed by atoms with van der Waals surface area (Å²) in [6, 6.07) is 0. The van der Waals surface area contributed by atoms with E-state index in [9.17, 15) is 5.11 Å². The van der Waals surface area contributed by atoms with Crippen LogP contribution in [-0.4, -0.2) is 49.3 Å². The van der Waals surface area contributed by atoms with E-state index < -0.39 is 0 Å². The Kier molecular flexibility index (Phi) is 5.45. The van der Waals surface area contributed by atoms with Gasteiger partial charge in [-0.1, -0.05) is 6.92 Å². The molecule has 0 heterocycles. The van der Waals surface area contributed by atoms with E-state index in [0.29, 0.717) is 0 Å². The quantitative estimate of drug-likeness (QED) is 0.566. The minimum absolute atomic E-state index is 0.217. The molecule has 1 saturated carbocycles. The Bertz CT molecular complexity index is 148. The molecule has 1 aliphatic carbocycles. The minimum Gasteiger partial charge on any atom is -0.390 e. The van der Waals surface area contributed by atoms with E-state index in [-0.39, 0.29) is 6.10 Å². The van der Waals surface area contributed by atoms with Gasteiger partial charge in [0.25, 0.3) is 0 Å². The van der Waals surface area contributed by atoms with E-state index >= 15 is 0 Å². The molecule has 0 aliphatic heterocycles. The normalized spacial score (nSPS) is 18.9. The van der Waals surface area contributed by atoms with Crippen molar-refractivity contribution in [3.63, 3.8) is 0 Å². The van der Waals surface area contributed by atoms with Crippen molar-refractivity contribution in [1.82, 2.24) is 10.2 Å². The van der Waals surface area contributed by atoms with Crippen LogP contribution >= 0.6 is 0 Å². The smallest absolute Gasteiger partial charge is 0.0791 e. The molecule has 1 fully saturated rings. The molecule has 0 spiro atoms. The maximum Gasteiger partial charge on any atom is 0.0791 e. The molecule has 0 radical (unpaired) electrons. The number of nitrogens with one attached hydrogen (secondary N) is 1. The van der Waals surface area contributed by atoms with Crippen molar-refractivity contribution < 1.29 is 5.11 Å². The first-order valence-electron chi connectivity index (χ1n) is 5.79. The SMILES string of the molecule is CCCNCC(O)CN(C)CC1CC1. The van der Waals surface area contributed by atoms with Crippen molar-refractivity contribution in [2.24, 2.45) is 5.92 Å². The molecule has 1 atom stereocenters. The van der Waals surface area contributed by atoms with Crippen LogP contribution in [0.4, 0.5) is 0 Å². The molecular weight excluding hydrogens is 176 g/mol. The Labute approximate surface area is 87.5 Å². The van der Waals surface area contributed by atoms with Crippen LogP contribution in [0, 0.1) is 5.92 Å². The zero-order chi connectivity index (χ0) is 10.4. The molecule has 0 saturated heterocycles. The van der Waals surface area contributed by atoms with Crippen molar-refractivity contribution >= 4 is 0 Å². The van der Waals surface area contributed by atoms with Gasteiger partial charge in [0, 0.05) is 19.6 Å². The molecule has 1 unspecified atom stereocenters. The van der Waals surface area contributed by atoms with Gasteiger partial charge in [-0.15, -0.1) is 0 Å². The third-order valence-electron chi connectivity index (χ3n) is 2.60. The monoisotopic (exact) mass is 200 g/mol. The van der Waals surface area contributed by atoms with Gasteiger partial charge in [0.15, 0.2) is 0 Å². The topological polar surface area (TPSA) is 35.5 Å². The Morgan fingerprint density at radius 3 is 2.79 bits per heavy atom. The van der Waals surface area contributed by atoms with Gasteiger partial charge in [-0.05, 0) is 38.8 Å². The molecule has 0 aromatic carbocycles. The standard InChI is InChI=1S/C11H24N2O/c1-3-6-12-7-11(14)9-13(2)8-10-4-5-10/h10-12,14H,3-9H2,1-2H3. The van der Waals surface area contributed by atoms with Gasteiger partial charge in [-0.3, -0.25) is 0 Å². The molecule has 3 nitrogen and oxygen atoms in total. The predicted octanol–water partition coefficient (Wildman–Crippen LogP) is 0.689. The maximum atomic E-state index is 9.68. The summed E-state index contributed by atoms with van der Waals surface area (Å²) in [6.07, 6.45) is 3.68. The zero-order valence-electron chi connectivity index (χ0n) is 9.50. The number of aliphatic hydroxyl groups is 1. The van der Waals surface area contributed by atoms with Gasteiger partial charge in [0.05, 0.1) is 6.10 Å². The molecule has 1 aliphatic rings. The molecular formula is C11H24N2O. The first-order chi connectivity index (χ1) is 6.72. The number of hydrogen-bond acceptors (Lipinski definition) is 3. The van der Waals surface area contributed by atoms with Crippen molar-refractivity contribution in [2.75, 3.05) is 33.2 Å². The summed E-state index contributed by atoms with van der Waals surface area (Å²) in [7, 11) is 2.10. The molecule has 2 N–H and O–H groups in total. The van der Waals surface area contributed by atoms with Gasteiger partial charge in [0.1, 0.15) is 0 Å². The lowest BCUT2D eigenvalue weighted by Crippen LogP contribution is -2.37. The van der Waals surface area contributed by atoms with Gasteiger partial charge in [0.2, 0.25) is 0 Å². The largest absolute Gasteiger partial charge is 0.390 e. The molecule has 0 aromatic heterocycles. The first kappa shape index (κ1) is 12.0. The van der Waals surface area contributed by atoms with Gasteiger partial charge in [-0.25, -0.2) is 0 Å². The van der Waals surface area contributed by atoms with E-state index in [2.05, 4.69) is 24.2 Å². The minimum atomic E-state index is -0.217. The van der Waals surface area contributed by atoms with E-state index in [4.69, 9.17) is 0 Å². The average Bonchev–Trinajstić information content (AvgIpc) is 2.88. The third kappa shape index (κ3) is 5.58. The summed E-state index contributed by atoms with van der Waals surface area (Å²) in [5, 5.41) is 12.9. The second-order valence-corrected chi connectivity index (χ2v) is 4.52. The van der Waals surface area contributed by atoms with Crippen molar-refractivity contribution in [3.8, 4) is 0 Å². The van der Waals surface area contributed by atoms with Crippen molar-refractivity contribution in [2.45, 2.75) is 32.3 Å². The van der Waals surface area contributed by atoms with Crippen LogP contribution in [0.25, 0.3) is 0 Å². The average molecular weight is 200 g/mol. The van der Waals surface area contributed by atoms with Crippen LogP contribution in [0.1, 0.15) is 26.2 Å². The lowest BCUT2D eigenvalue weighted by atomic mass is 10.3. The summed E-state index contributed by atoms with van der Waals surface area (Å²) in [4.78, 5) is 2.25. The van der Waals surface area contributed by atoms with Gasteiger partial charge in [-0.2, -0.15) is 0 Å². The highest BCUT2D eigenvalue weighted by molar-refractivity contribution is 4.77. The van der Waals surface area contributed by atoms with E-state index in [0.717, 1.165) is 38.5 Å². The number of hydrogen-bond donors (Lipinski definition) is 2. The van der Waals surface area contributed by atoms with Crippen LogP contribution in [0.15, 0.2) is 0 Å². The van der Waals surface area contributed by atoms with E-state index in [1.165, 1.54) is 12.8 Å². The highest BCUT2D eigenvalue weighted by Gasteiger charge is 2.23. The summed E-state index contributed by atoms with van der Waals surface area (Å²) in [5.74, 6) is 0.913. The third-order valence-corrected chi connectivity index (χ3v) is 2.60. The first-order valence-corrected chi connectivity index (χ1v) is 5.79. The predicted molar refractivity (Wildman–Crippen MR) is 59.4 cm³/mol. The summed E-state index contributed by atoms with van der Waals surface area (Å²) >= 11 is 0. The van der Waals surface area contributed by atoms with Gasteiger partial charge >= 0.3 is 0 Å². The fraction of sp³-hybridized carbons (Fsp3) is 1.00. The Hall–Kier alpha value is -0.120.